The number of thioether (sulfide) groups is 1. The largest absolute Gasteiger partial charge is 0.351 e. The van der Waals surface area contributed by atoms with Crippen LogP contribution in [-0.4, -0.2) is 26.5 Å². The van der Waals surface area contributed by atoms with E-state index in [1.54, 1.807) is 4.68 Å². The van der Waals surface area contributed by atoms with Crippen LogP contribution in [0.15, 0.2) is 34.7 Å². The van der Waals surface area contributed by atoms with Crippen LogP contribution in [0.3, 0.4) is 0 Å². The highest BCUT2D eigenvalue weighted by Gasteiger charge is 2.21. The van der Waals surface area contributed by atoms with Gasteiger partial charge < -0.3 is 5.32 Å². The van der Waals surface area contributed by atoms with Crippen molar-refractivity contribution in [2.24, 2.45) is 0 Å². The summed E-state index contributed by atoms with van der Waals surface area (Å²) in [7, 11) is 0. The molecule has 1 heterocycles. The van der Waals surface area contributed by atoms with E-state index in [9.17, 15) is 4.79 Å². The normalized spacial score (nSPS) is 12.9. The standard InChI is InChI=1S/C15H19N3OS3/c1-10(12(19)16-15(2,3)4)21-13-17-18(14(20)22-13)11-8-6-5-7-9-11/h5-10H,1-4H3,(H,16,19). The Morgan fingerprint density at radius 1 is 1.36 bits per heavy atom. The molecule has 0 aliphatic carbocycles. The van der Waals surface area contributed by atoms with E-state index in [1.807, 2.05) is 58.0 Å². The Morgan fingerprint density at radius 2 is 2.00 bits per heavy atom. The van der Waals surface area contributed by atoms with Crippen molar-refractivity contribution in [1.29, 1.82) is 0 Å². The SMILES string of the molecule is CC(Sc1nn(-c2ccccc2)c(=S)s1)C(=O)NC(C)(C)C. The maximum absolute atomic E-state index is 12.1. The van der Waals surface area contributed by atoms with Crippen molar-refractivity contribution >= 4 is 41.2 Å². The van der Waals surface area contributed by atoms with Crippen LogP contribution in [0.2, 0.25) is 0 Å². The third-order valence-electron chi connectivity index (χ3n) is 2.67. The Labute approximate surface area is 143 Å². The maximum atomic E-state index is 12.1. The number of amides is 1. The summed E-state index contributed by atoms with van der Waals surface area (Å²) in [5.41, 5.74) is 0.699. The first-order valence-electron chi connectivity index (χ1n) is 6.90. The molecule has 0 aliphatic heterocycles. The lowest BCUT2D eigenvalue weighted by molar-refractivity contribution is -0.121. The van der Waals surface area contributed by atoms with E-state index in [0.29, 0.717) is 3.95 Å². The Kier molecular flexibility index (Phi) is 5.41. The minimum absolute atomic E-state index is 0.00452. The van der Waals surface area contributed by atoms with E-state index in [-0.39, 0.29) is 16.7 Å². The molecule has 0 saturated heterocycles. The summed E-state index contributed by atoms with van der Waals surface area (Å²) < 4.78 is 3.21. The van der Waals surface area contributed by atoms with Gasteiger partial charge in [0.05, 0.1) is 10.9 Å². The molecule has 1 amide bonds. The molecule has 1 unspecified atom stereocenters. The van der Waals surface area contributed by atoms with E-state index in [4.69, 9.17) is 12.2 Å². The molecule has 22 heavy (non-hydrogen) atoms. The van der Waals surface area contributed by atoms with E-state index < -0.39 is 0 Å². The molecule has 4 nitrogen and oxygen atoms in total. The average molecular weight is 354 g/mol. The van der Waals surface area contributed by atoms with Gasteiger partial charge in [-0.15, -0.1) is 5.10 Å². The summed E-state index contributed by atoms with van der Waals surface area (Å²) in [5.74, 6) is 0.00452. The fraction of sp³-hybridized carbons (Fsp3) is 0.400. The fourth-order valence-electron chi connectivity index (χ4n) is 1.72. The summed E-state index contributed by atoms with van der Waals surface area (Å²) in [6.07, 6.45) is 0. The number of para-hydroxylation sites is 1. The number of hydrogen-bond acceptors (Lipinski definition) is 5. The van der Waals surface area contributed by atoms with Crippen molar-refractivity contribution in [2.45, 2.75) is 42.8 Å². The highest BCUT2D eigenvalue weighted by molar-refractivity contribution is 8.02. The van der Waals surface area contributed by atoms with Gasteiger partial charge in [0.2, 0.25) is 5.91 Å². The Bertz CT molecular complexity index is 701. The molecule has 0 spiro atoms. The third-order valence-corrected chi connectivity index (χ3v) is 5.09. The van der Waals surface area contributed by atoms with Crippen LogP contribution < -0.4 is 5.32 Å². The number of nitrogens with one attached hydrogen (secondary N) is 1. The van der Waals surface area contributed by atoms with Gasteiger partial charge in [0.1, 0.15) is 0 Å². The molecule has 0 radical (unpaired) electrons. The molecule has 7 heteroatoms. The molecule has 2 rings (SSSR count). The lowest BCUT2D eigenvalue weighted by Crippen LogP contribution is -2.44. The lowest BCUT2D eigenvalue weighted by atomic mass is 10.1. The van der Waals surface area contributed by atoms with Crippen LogP contribution in [0.5, 0.6) is 0 Å². The molecule has 118 valence electrons. The van der Waals surface area contributed by atoms with Gasteiger partial charge in [-0.3, -0.25) is 4.79 Å². The van der Waals surface area contributed by atoms with Gasteiger partial charge in [-0.2, -0.15) is 0 Å². The highest BCUT2D eigenvalue weighted by atomic mass is 32.2. The summed E-state index contributed by atoms with van der Waals surface area (Å²) in [4.78, 5) is 12.1. The monoisotopic (exact) mass is 353 g/mol. The Morgan fingerprint density at radius 3 is 2.59 bits per heavy atom. The molecule has 1 atom stereocenters. The van der Waals surface area contributed by atoms with Crippen LogP contribution in [0.25, 0.3) is 5.69 Å². The maximum Gasteiger partial charge on any atom is 0.233 e. The van der Waals surface area contributed by atoms with Gasteiger partial charge in [0.15, 0.2) is 8.29 Å². The quantitative estimate of drug-likeness (QED) is 0.665. The zero-order valence-corrected chi connectivity index (χ0v) is 15.4. The van der Waals surface area contributed by atoms with Crippen molar-refractivity contribution in [2.75, 3.05) is 0 Å². The molecule has 1 N–H and O–H groups in total. The second-order valence-corrected chi connectivity index (χ2v) is 9.09. The average Bonchev–Trinajstić information content (AvgIpc) is 2.78. The van der Waals surface area contributed by atoms with Crippen molar-refractivity contribution in [3.63, 3.8) is 0 Å². The van der Waals surface area contributed by atoms with Gasteiger partial charge in [-0.1, -0.05) is 41.3 Å². The minimum Gasteiger partial charge on any atom is -0.351 e. The number of nitrogens with zero attached hydrogens (tertiary/aromatic N) is 2. The molecule has 0 saturated carbocycles. The van der Waals surface area contributed by atoms with Crippen LogP contribution >= 0.6 is 35.3 Å². The van der Waals surface area contributed by atoms with Crippen LogP contribution in [0.4, 0.5) is 0 Å². The second-order valence-electron chi connectivity index (χ2n) is 5.88. The van der Waals surface area contributed by atoms with E-state index >= 15 is 0 Å². The zero-order chi connectivity index (χ0) is 16.3. The molecule has 0 bridgehead atoms. The molecular weight excluding hydrogens is 334 g/mol. The summed E-state index contributed by atoms with van der Waals surface area (Å²) in [6, 6.07) is 9.76. The van der Waals surface area contributed by atoms with Crippen molar-refractivity contribution in [1.82, 2.24) is 15.1 Å². The first kappa shape index (κ1) is 17.2. The highest BCUT2D eigenvalue weighted by Crippen LogP contribution is 2.28. The van der Waals surface area contributed by atoms with Crippen LogP contribution in [0, 0.1) is 3.95 Å². The van der Waals surface area contributed by atoms with E-state index in [2.05, 4.69) is 10.4 Å². The number of aromatic nitrogens is 2. The number of benzene rings is 1. The van der Waals surface area contributed by atoms with Gasteiger partial charge in [-0.25, -0.2) is 4.68 Å². The summed E-state index contributed by atoms with van der Waals surface area (Å²) in [5, 5.41) is 7.27. The first-order valence-corrected chi connectivity index (χ1v) is 9.01. The van der Waals surface area contributed by atoms with Crippen molar-refractivity contribution in [3.8, 4) is 5.69 Å². The zero-order valence-electron chi connectivity index (χ0n) is 13.0. The van der Waals surface area contributed by atoms with Crippen LogP contribution in [-0.2, 0) is 4.79 Å². The lowest BCUT2D eigenvalue weighted by Gasteiger charge is -2.22. The van der Waals surface area contributed by atoms with E-state index in [1.165, 1.54) is 23.1 Å². The molecule has 2 aromatic rings. The molecular formula is C15H19N3OS3. The number of carbonyl (C=O) groups excluding carboxylic acids is 1. The molecule has 1 aromatic carbocycles. The van der Waals surface area contributed by atoms with E-state index in [0.717, 1.165) is 10.0 Å². The van der Waals surface area contributed by atoms with Gasteiger partial charge in [0.25, 0.3) is 0 Å². The third kappa shape index (κ3) is 4.66. The molecule has 0 fully saturated rings. The van der Waals surface area contributed by atoms with Crippen molar-refractivity contribution in [3.05, 3.63) is 34.3 Å². The molecule has 1 aromatic heterocycles. The topological polar surface area (TPSA) is 46.9 Å². The second kappa shape index (κ2) is 6.93. The number of hydrogen-bond donors (Lipinski definition) is 1. The number of rotatable bonds is 4. The van der Waals surface area contributed by atoms with Crippen LogP contribution in [0.1, 0.15) is 27.7 Å². The van der Waals surface area contributed by atoms with Gasteiger partial charge in [-0.05, 0) is 52.0 Å². The first-order chi connectivity index (χ1) is 10.3. The smallest absolute Gasteiger partial charge is 0.233 e. The van der Waals surface area contributed by atoms with Gasteiger partial charge >= 0.3 is 0 Å². The predicted molar refractivity (Wildman–Crippen MR) is 95.5 cm³/mol. The fourth-order valence-corrected chi connectivity index (χ4v) is 4.22. The molecule has 0 aliphatic rings. The predicted octanol–water partition coefficient (Wildman–Crippen LogP) is 4.06. The number of carbonyl (C=O) groups is 1. The van der Waals surface area contributed by atoms with Gasteiger partial charge in [0, 0.05) is 5.54 Å². The Hall–Kier alpha value is -1.18. The summed E-state index contributed by atoms with van der Waals surface area (Å²) >= 11 is 8.22. The minimum atomic E-state index is -0.234. The van der Waals surface area contributed by atoms with Crippen molar-refractivity contribution < 1.29 is 4.79 Å². The Balaban J connectivity index is 2.12. The summed E-state index contributed by atoms with van der Waals surface area (Å²) in [6.45, 7) is 7.78.